The number of hydrogen-bond acceptors (Lipinski definition) is 5. The predicted molar refractivity (Wildman–Crippen MR) is 92.7 cm³/mol. The van der Waals surface area contributed by atoms with Crippen molar-refractivity contribution in [2.45, 2.75) is 45.3 Å². The van der Waals surface area contributed by atoms with Gasteiger partial charge in [-0.1, -0.05) is 6.92 Å². The summed E-state index contributed by atoms with van der Waals surface area (Å²) in [5.41, 5.74) is 1.29. The van der Waals surface area contributed by atoms with Crippen molar-refractivity contribution in [3.05, 3.63) is 34.0 Å². The lowest BCUT2D eigenvalue weighted by atomic mass is 10.1. The van der Waals surface area contributed by atoms with Crippen molar-refractivity contribution in [2.75, 3.05) is 19.6 Å². The highest BCUT2D eigenvalue weighted by Crippen LogP contribution is 2.33. The molecular weight excluding hydrogens is 322 g/mol. The summed E-state index contributed by atoms with van der Waals surface area (Å²) in [5.74, 6) is 2.28. The van der Waals surface area contributed by atoms with Crippen LogP contribution >= 0.6 is 11.3 Å². The van der Waals surface area contributed by atoms with Crippen LogP contribution in [0.5, 0.6) is 0 Å². The number of aryl methyl sites for hydroxylation is 1. The van der Waals surface area contributed by atoms with Gasteiger partial charge in [0.2, 0.25) is 5.91 Å². The molecule has 0 radical (unpaired) electrons. The zero-order chi connectivity index (χ0) is 16.5. The number of carbonyl (C=O) groups is 1. The lowest BCUT2D eigenvalue weighted by molar-refractivity contribution is -0.133. The van der Waals surface area contributed by atoms with Gasteiger partial charge in [0, 0.05) is 26.1 Å². The molecule has 1 unspecified atom stereocenters. The summed E-state index contributed by atoms with van der Waals surface area (Å²) in [6, 6.07) is 2.42. The second kappa shape index (κ2) is 6.64. The number of thiophene rings is 1. The van der Waals surface area contributed by atoms with Crippen LogP contribution in [0, 0.1) is 0 Å². The van der Waals surface area contributed by atoms with Gasteiger partial charge >= 0.3 is 0 Å². The second-order valence-corrected chi connectivity index (χ2v) is 7.33. The van der Waals surface area contributed by atoms with Crippen molar-refractivity contribution >= 4 is 17.2 Å². The van der Waals surface area contributed by atoms with E-state index in [1.165, 1.54) is 5.56 Å². The third-order valence-corrected chi connectivity index (χ3v) is 5.79. The molecule has 1 fully saturated rings. The molecule has 1 amide bonds. The average molecular weight is 345 g/mol. The molecule has 2 aliphatic rings. The third kappa shape index (κ3) is 2.86. The number of hydrogen-bond donors (Lipinski definition) is 0. The molecule has 0 bridgehead atoms. The molecule has 24 heavy (non-hydrogen) atoms. The first-order valence-electron chi connectivity index (χ1n) is 8.71. The van der Waals surface area contributed by atoms with Gasteiger partial charge in [0.25, 0.3) is 0 Å². The molecule has 0 N–H and O–H groups in total. The van der Waals surface area contributed by atoms with Crippen molar-refractivity contribution in [3.8, 4) is 0 Å². The first-order chi connectivity index (χ1) is 11.8. The Morgan fingerprint density at radius 3 is 3.04 bits per heavy atom. The van der Waals surface area contributed by atoms with Crippen LogP contribution in [0.2, 0.25) is 0 Å². The minimum absolute atomic E-state index is 0.243. The second-order valence-electron chi connectivity index (χ2n) is 6.55. The summed E-state index contributed by atoms with van der Waals surface area (Å²) >= 11 is 1.71. The molecule has 4 heterocycles. The zero-order valence-electron chi connectivity index (χ0n) is 14.0. The maximum absolute atomic E-state index is 12.8. The Morgan fingerprint density at radius 2 is 2.25 bits per heavy atom. The number of nitrogens with zero attached hydrogens (tertiary/aromatic N) is 5. The van der Waals surface area contributed by atoms with Gasteiger partial charge in [0.05, 0.1) is 19.1 Å². The maximum atomic E-state index is 12.8. The topological polar surface area (TPSA) is 54.3 Å². The highest BCUT2D eigenvalue weighted by Gasteiger charge is 2.31. The van der Waals surface area contributed by atoms with E-state index in [0.29, 0.717) is 6.54 Å². The van der Waals surface area contributed by atoms with Gasteiger partial charge in [0.15, 0.2) is 0 Å². The standard InChI is InChI=1S/C17H23N5OS/c1-2-15-18-19-16-10-20(7-8-22(15)16)11-17(23)21-6-3-4-14(21)13-5-9-24-12-13/h5,9,12,14H,2-4,6-8,10-11H2,1H3. The van der Waals surface area contributed by atoms with Crippen LogP contribution in [0.15, 0.2) is 16.8 Å². The minimum Gasteiger partial charge on any atom is -0.335 e. The highest BCUT2D eigenvalue weighted by molar-refractivity contribution is 7.07. The van der Waals surface area contributed by atoms with Gasteiger partial charge < -0.3 is 9.47 Å². The van der Waals surface area contributed by atoms with Gasteiger partial charge in [0.1, 0.15) is 11.6 Å². The Kier molecular flexibility index (Phi) is 4.37. The lowest BCUT2D eigenvalue weighted by Crippen LogP contribution is -2.43. The Morgan fingerprint density at radius 1 is 1.33 bits per heavy atom. The summed E-state index contributed by atoms with van der Waals surface area (Å²) in [6.07, 6.45) is 3.08. The SMILES string of the molecule is CCc1nnc2n1CCN(CC(=O)N1CCCC1c1ccsc1)C2. The molecule has 0 saturated carbocycles. The van der Waals surface area contributed by atoms with E-state index in [0.717, 1.165) is 57.1 Å². The molecule has 1 saturated heterocycles. The van der Waals surface area contributed by atoms with E-state index < -0.39 is 0 Å². The van der Waals surface area contributed by atoms with Crippen LogP contribution in [-0.4, -0.2) is 50.1 Å². The number of aromatic nitrogens is 3. The third-order valence-electron chi connectivity index (χ3n) is 5.09. The Labute approximate surface area is 146 Å². The molecular formula is C17H23N5OS. The van der Waals surface area contributed by atoms with E-state index in [1.807, 2.05) is 0 Å². The first kappa shape index (κ1) is 15.8. The van der Waals surface area contributed by atoms with Gasteiger partial charge in [-0.3, -0.25) is 9.69 Å². The summed E-state index contributed by atoms with van der Waals surface area (Å²) in [4.78, 5) is 17.1. The summed E-state index contributed by atoms with van der Waals surface area (Å²) in [5, 5.41) is 12.8. The van der Waals surface area contributed by atoms with E-state index in [4.69, 9.17) is 0 Å². The fourth-order valence-corrected chi connectivity index (χ4v) is 4.53. The summed E-state index contributed by atoms with van der Waals surface area (Å²) < 4.78 is 2.20. The fourth-order valence-electron chi connectivity index (χ4n) is 3.82. The van der Waals surface area contributed by atoms with Crippen LogP contribution < -0.4 is 0 Å². The largest absolute Gasteiger partial charge is 0.335 e. The molecule has 0 aromatic carbocycles. The lowest BCUT2D eigenvalue weighted by Gasteiger charge is -2.30. The molecule has 2 aromatic heterocycles. The smallest absolute Gasteiger partial charge is 0.237 e. The summed E-state index contributed by atoms with van der Waals surface area (Å²) in [6.45, 7) is 5.95. The zero-order valence-corrected chi connectivity index (χ0v) is 14.8. The van der Waals surface area contributed by atoms with Gasteiger partial charge in [-0.2, -0.15) is 11.3 Å². The molecule has 1 atom stereocenters. The monoisotopic (exact) mass is 345 g/mol. The van der Waals surface area contributed by atoms with E-state index in [1.54, 1.807) is 11.3 Å². The number of rotatable bonds is 4. The van der Waals surface area contributed by atoms with Crippen molar-refractivity contribution in [2.24, 2.45) is 0 Å². The first-order valence-corrected chi connectivity index (χ1v) is 9.65. The van der Waals surface area contributed by atoms with Crippen LogP contribution in [0.1, 0.15) is 43.0 Å². The van der Waals surface area contributed by atoms with E-state index in [9.17, 15) is 4.79 Å². The van der Waals surface area contributed by atoms with Crippen LogP contribution in [-0.2, 0) is 24.3 Å². The number of likely N-dealkylation sites (tertiary alicyclic amines) is 1. The van der Waals surface area contributed by atoms with E-state index in [-0.39, 0.29) is 11.9 Å². The molecule has 6 nitrogen and oxygen atoms in total. The molecule has 0 spiro atoms. The predicted octanol–water partition coefficient (Wildman–Crippen LogP) is 2.08. The number of carbonyl (C=O) groups excluding carboxylic acids is 1. The molecule has 7 heteroatoms. The average Bonchev–Trinajstić information content (AvgIpc) is 3.33. The Hall–Kier alpha value is -1.73. The Bertz CT molecular complexity index is 711. The summed E-state index contributed by atoms with van der Waals surface area (Å²) in [7, 11) is 0. The van der Waals surface area contributed by atoms with Crippen molar-refractivity contribution in [3.63, 3.8) is 0 Å². The molecule has 128 valence electrons. The van der Waals surface area contributed by atoms with Crippen LogP contribution in [0.25, 0.3) is 0 Å². The maximum Gasteiger partial charge on any atom is 0.237 e. The van der Waals surface area contributed by atoms with E-state index >= 15 is 0 Å². The number of amides is 1. The molecule has 0 aliphatic carbocycles. The highest BCUT2D eigenvalue weighted by atomic mass is 32.1. The van der Waals surface area contributed by atoms with Crippen molar-refractivity contribution < 1.29 is 4.79 Å². The van der Waals surface area contributed by atoms with Gasteiger partial charge in [-0.25, -0.2) is 0 Å². The minimum atomic E-state index is 0.243. The van der Waals surface area contributed by atoms with Gasteiger partial charge in [-0.05, 0) is 35.2 Å². The van der Waals surface area contributed by atoms with E-state index in [2.05, 4.69) is 48.3 Å². The normalized spacial score (nSPS) is 21.2. The van der Waals surface area contributed by atoms with Crippen LogP contribution in [0.3, 0.4) is 0 Å². The fraction of sp³-hybridized carbons (Fsp3) is 0.588. The van der Waals surface area contributed by atoms with Crippen molar-refractivity contribution in [1.82, 2.24) is 24.6 Å². The van der Waals surface area contributed by atoms with Crippen LogP contribution in [0.4, 0.5) is 0 Å². The van der Waals surface area contributed by atoms with Gasteiger partial charge in [-0.15, -0.1) is 10.2 Å². The quantitative estimate of drug-likeness (QED) is 0.851. The Balaban J connectivity index is 1.41. The van der Waals surface area contributed by atoms with Crippen molar-refractivity contribution in [1.29, 1.82) is 0 Å². The number of fused-ring (bicyclic) bond motifs is 1. The molecule has 2 aromatic rings. The molecule has 2 aliphatic heterocycles. The molecule has 4 rings (SSSR count).